The Labute approximate surface area is 111 Å². The van der Waals surface area contributed by atoms with Crippen molar-refractivity contribution in [2.45, 2.75) is 12.6 Å². The van der Waals surface area contributed by atoms with Gasteiger partial charge in [-0.05, 0) is 24.3 Å². The van der Waals surface area contributed by atoms with Crippen LogP contribution in [0.2, 0.25) is 5.02 Å². The molecule has 0 unspecified atom stereocenters. The van der Waals surface area contributed by atoms with Gasteiger partial charge in [-0.2, -0.15) is 0 Å². The van der Waals surface area contributed by atoms with Crippen LogP contribution in [0.25, 0.3) is 0 Å². The van der Waals surface area contributed by atoms with Crippen molar-refractivity contribution in [1.82, 2.24) is 14.9 Å². The van der Waals surface area contributed by atoms with Crippen LogP contribution in [0, 0.1) is 0 Å². The van der Waals surface area contributed by atoms with Gasteiger partial charge in [-0.15, -0.1) is 0 Å². The lowest BCUT2D eigenvalue weighted by Gasteiger charge is -2.38. The molecule has 94 valence electrons. The average molecular weight is 264 g/mol. The molecular formula is C13H14ClN3O. The van der Waals surface area contributed by atoms with Crippen LogP contribution in [0.4, 0.5) is 0 Å². The average Bonchev–Trinajstić information content (AvgIpc) is 2.82. The molecule has 1 fully saturated rings. The van der Waals surface area contributed by atoms with Gasteiger partial charge in [-0.25, -0.2) is 4.98 Å². The Bertz CT molecular complexity index is 491. The number of nitrogens with zero attached hydrogens (tertiary/aromatic N) is 2. The lowest BCUT2D eigenvalue weighted by Crippen LogP contribution is -2.53. The first-order valence-corrected chi connectivity index (χ1v) is 6.29. The monoisotopic (exact) mass is 263 g/mol. The van der Waals surface area contributed by atoms with Crippen LogP contribution in [-0.2, 0) is 6.54 Å². The summed E-state index contributed by atoms with van der Waals surface area (Å²) in [6.45, 7) is 2.80. The summed E-state index contributed by atoms with van der Waals surface area (Å²) in [5.74, 6) is 0.880. The van der Waals surface area contributed by atoms with E-state index in [4.69, 9.17) is 16.3 Å². The van der Waals surface area contributed by atoms with Crippen LogP contribution in [0.5, 0.6) is 5.75 Å². The quantitative estimate of drug-likeness (QED) is 0.921. The Balaban J connectivity index is 1.46. The van der Waals surface area contributed by atoms with Gasteiger partial charge in [0.25, 0.3) is 0 Å². The van der Waals surface area contributed by atoms with Gasteiger partial charge in [0.1, 0.15) is 11.9 Å². The van der Waals surface area contributed by atoms with Crippen molar-refractivity contribution in [2.75, 3.05) is 13.1 Å². The number of benzene rings is 1. The third-order valence-corrected chi connectivity index (χ3v) is 3.24. The number of likely N-dealkylation sites (tertiary alicyclic amines) is 1. The van der Waals surface area contributed by atoms with Gasteiger partial charge >= 0.3 is 0 Å². The molecule has 0 amide bonds. The van der Waals surface area contributed by atoms with E-state index in [-0.39, 0.29) is 6.10 Å². The molecule has 2 aromatic rings. The van der Waals surface area contributed by atoms with Crippen molar-refractivity contribution in [1.29, 1.82) is 0 Å². The molecule has 1 saturated heterocycles. The van der Waals surface area contributed by atoms with Crippen molar-refractivity contribution >= 4 is 11.6 Å². The van der Waals surface area contributed by atoms with Crippen molar-refractivity contribution in [3.63, 3.8) is 0 Å². The summed E-state index contributed by atoms with van der Waals surface area (Å²) < 4.78 is 5.83. The largest absolute Gasteiger partial charge is 0.488 e. The number of ether oxygens (including phenoxy) is 1. The summed E-state index contributed by atoms with van der Waals surface area (Å²) in [7, 11) is 0. The molecule has 0 aliphatic carbocycles. The third kappa shape index (κ3) is 2.66. The molecule has 0 atom stereocenters. The lowest BCUT2D eigenvalue weighted by atomic mass is 10.1. The van der Waals surface area contributed by atoms with Gasteiger partial charge in [0.05, 0.1) is 6.33 Å². The summed E-state index contributed by atoms with van der Waals surface area (Å²) in [4.78, 5) is 9.42. The molecule has 4 nitrogen and oxygen atoms in total. The molecule has 0 spiro atoms. The highest BCUT2D eigenvalue weighted by Crippen LogP contribution is 2.21. The van der Waals surface area contributed by atoms with E-state index in [9.17, 15) is 0 Å². The predicted octanol–water partition coefficient (Wildman–Crippen LogP) is 2.33. The Hall–Kier alpha value is -1.52. The minimum absolute atomic E-state index is 0.272. The van der Waals surface area contributed by atoms with Crippen LogP contribution < -0.4 is 4.74 Å². The summed E-state index contributed by atoms with van der Waals surface area (Å²) >= 11 is 5.83. The minimum Gasteiger partial charge on any atom is -0.488 e. The molecule has 0 saturated carbocycles. The second-order valence-corrected chi connectivity index (χ2v) is 4.90. The molecule has 1 N–H and O–H groups in total. The number of hydrogen-bond acceptors (Lipinski definition) is 3. The summed E-state index contributed by atoms with van der Waals surface area (Å²) in [6.07, 6.45) is 3.83. The number of aromatic amines is 1. The molecular weight excluding hydrogens is 250 g/mol. The van der Waals surface area contributed by atoms with E-state index in [2.05, 4.69) is 14.9 Å². The van der Waals surface area contributed by atoms with Crippen LogP contribution in [-0.4, -0.2) is 34.1 Å². The third-order valence-electron chi connectivity index (χ3n) is 2.99. The maximum absolute atomic E-state index is 5.83. The number of rotatable bonds is 4. The van der Waals surface area contributed by atoms with Gasteiger partial charge in [0.15, 0.2) is 0 Å². The topological polar surface area (TPSA) is 41.1 Å². The fourth-order valence-electron chi connectivity index (χ4n) is 2.04. The Morgan fingerprint density at radius 1 is 1.33 bits per heavy atom. The SMILES string of the molecule is Clc1ccc(OC2CN(Cc3cnc[nH]3)C2)cc1. The second kappa shape index (κ2) is 5.00. The van der Waals surface area contributed by atoms with Crippen LogP contribution in [0.3, 0.4) is 0 Å². The Morgan fingerprint density at radius 2 is 2.11 bits per heavy atom. The van der Waals surface area contributed by atoms with Crippen molar-refractivity contribution < 1.29 is 4.74 Å². The van der Waals surface area contributed by atoms with Crippen molar-refractivity contribution in [2.24, 2.45) is 0 Å². The first-order valence-electron chi connectivity index (χ1n) is 5.91. The van der Waals surface area contributed by atoms with Gasteiger partial charge in [-0.1, -0.05) is 11.6 Å². The van der Waals surface area contributed by atoms with E-state index in [1.165, 1.54) is 0 Å². The molecule has 3 rings (SSSR count). The Kier molecular flexibility index (Phi) is 3.21. The molecule has 1 aromatic heterocycles. The first-order chi connectivity index (χ1) is 8.79. The zero-order valence-electron chi connectivity index (χ0n) is 9.84. The number of nitrogens with one attached hydrogen (secondary N) is 1. The van der Waals surface area contributed by atoms with E-state index < -0.39 is 0 Å². The fourth-order valence-corrected chi connectivity index (χ4v) is 2.17. The highest BCUT2D eigenvalue weighted by molar-refractivity contribution is 6.30. The summed E-state index contributed by atoms with van der Waals surface area (Å²) in [6, 6.07) is 7.50. The molecule has 1 aliphatic rings. The molecule has 1 aromatic carbocycles. The first kappa shape index (κ1) is 11.6. The smallest absolute Gasteiger partial charge is 0.124 e. The number of H-pyrrole nitrogens is 1. The second-order valence-electron chi connectivity index (χ2n) is 4.46. The standard InChI is InChI=1S/C13H14ClN3O/c14-10-1-3-12(4-2-10)18-13-7-17(8-13)6-11-5-15-9-16-11/h1-5,9,13H,6-8H2,(H,15,16). The van der Waals surface area contributed by atoms with Crippen LogP contribution in [0.1, 0.15) is 5.69 Å². The van der Waals surface area contributed by atoms with Gasteiger partial charge < -0.3 is 9.72 Å². The zero-order valence-corrected chi connectivity index (χ0v) is 10.6. The molecule has 0 radical (unpaired) electrons. The minimum atomic E-state index is 0.272. The number of hydrogen-bond donors (Lipinski definition) is 1. The van der Waals surface area contributed by atoms with E-state index in [1.807, 2.05) is 30.5 Å². The van der Waals surface area contributed by atoms with Crippen LogP contribution in [0.15, 0.2) is 36.8 Å². The number of aromatic nitrogens is 2. The highest BCUT2D eigenvalue weighted by atomic mass is 35.5. The Morgan fingerprint density at radius 3 is 2.78 bits per heavy atom. The van der Waals surface area contributed by atoms with Crippen molar-refractivity contribution in [3.8, 4) is 5.75 Å². The van der Waals surface area contributed by atoms with E-state index in [0.29, 0.717) is 0 Å². The summed E-state index contributed by atoms with van der Waals surface area (Å²) in [5, 5.41) is 0.733. The lowest BCUT2D eigenvalue weighted by molar-refractivity contribution is 0.0139. The maximum Gasteiger partial charge on any atom is 0.124 e. The highest BCUT2D eigenvalue weighted by Gasteiger charge is 2.28. The van der Waals surface area contributed by atoms with E-state index in [1.54, 1.807) is 6.33 Å². The molecule has 1 aliphatic heterocycles. The summed E-state index contributed by atoms with van der Waals surface area (Å²) in [5.41, 5.74) is 1.14. The normalized spacial score (nSPS) is 16.5. The van der Waals surface area contributed by atoms with Gasteiger partial charge in [-0.3, -0.25) is 4.90 Å². The van der Waals surface area contributed by atoms with E-state index >= 15 is 0 Å². The van der Waals surface area contributed by atoms with Crippen molar-refractivity contribution in [3.05, 3.63) is 47.5 Å². The molecule has 18 heavy (non-hydrogen) atoms. The molecule has 0 bridgehead atoms. The van der Waals surface area contributed by atoms with Crippen LogP contribution >= 0.6 is 11.6 Å². The predicted molar refractivity (Wildman–Crippen MR) is 69.7 cm³/mol. The number of imidazole rings is 1. The number of halogens is 1. The molecule has 2 heterocycles. The van der Waals surface area contributed by atoms with E-state index in [0.717, 1.165) is 36.1 Å². The van der Waals surface area contributed by atoms with Gasteiger partial charge in [0.2, 0.25) is 0 Å². The van der Waals surface area contributed by atoms with Gasteiger partial charge in [0, 0.05) is 36.5 Å². The fraction of sp³-hybridized carbons (Fsp3) is 0.308. The maximum atomic E-state index is 5.83. The zero-order chi connectivity index (χ0) is 12.4. The molecule has 5 heteroatoms.